The third kappa shape index (κ3) is 4.85. The van der Waals surface area contributed by atoms with Crippen molar-refractivity contribution in [1.29, 1.82) is 0 Å². The number of hydrazone groups is 1. The van der Waals surface area contributed by atoms with E-state index in [0.29, 0.717) is 0 Å². The number of nitrogens with zero attached hydrogens (tertiary/aromatic N) is 3. The third-order valence-corrected chi connectivity index (χ3v) is 3.50. The zero-order chi connectivity index (χ0) is 14.2. The van der Waals surface area contributed by atoms with Crippen LogP contribution in [-0.4, -0.2) is 56.0 Å². The van der Waals surface area contributed by atoms with Crippen molar-refractivity contribution in [2.75, 3.05) is 39.8 Å². The number of piperazine rings is 1. The summed E-state index contributed by atoms with van der Waals surface area (Å²) in [5.74, 6) is 0.940. The van der Waals surface area contributed by atoms with Gasteiger partial charge in [-0.2, -0.15) is 5.10 Å². The first-order valence-electron chi connectivity index (χ1n) is 7.48. The van der Waals surface area contributed by atoms with Gasteiger partial charge in [-0.15, -0.1) is 0 Å². The summed E-state index contributed by atoms with van der Waals surface area (Å²) in [6.45, 7) is 7.14. The van der Waals surface area contributed by atoms with Gasteiger partial charge in [0.1, 0.15) is 5.75 Å². The molecule has 1 aliphatic heterocycles. The molecule has 0 radical (unpaired) electrons. The average molecular weight is 275 g/mol. The molecule has 20 heavy (non-hydrogen) atoms. The molecule has 1 heterocycles. The molecule has 1 saturated heterocycles. The lowest BCUT2D eigenvalue weighted by atomic mass is 10.2. The molecule has 1 aliphatic rings. The largest absolute Gasteiger partial charge is 0.494 e. The number of ether oxygens (including phenoxy) is 1. The Morgan fingerprint density at radius 3 is 2.50 bits per heavy atom. The molecule has 0 atom stereocenters. The quantitative estimate of drug-likeness (QED) is 0.589. The molecule has 0 N–H and O–H groups in total. The van der Waals surface area contributed by atoms with Crippen molar-refractivity contribution in [3.05, 3.63) is 29.8 Å². The fraction of sp³-hybridized carbons (Fsp3) is 0.562. The molecular weight excluding hydrogens is 250 g/mol. The van der Waals surface area contributed by atoms with Gasteiger partial charge in [0.2, 0.25) is 0 Å². The first kappa shape index (κ1) is 14.9. The van der Waals surface area contributed by atoms with E-state index in [0.717, 1.165) is 56.9 Å². The van der Waals surface area contributed by atoms with E-state index in [4.69, 9.17) is 4.74 Å². The standard InChI is InChI=1S/C16H25N3O/c1-3-4-13-20-16-7-5-15(6-8-16)14-17-19-11-9-18(2)10-12-19/h5-8,14H,3-4,9-13H2,1-2H3. The average Bonchev–Trinajstić information content (AvgIpc) is 2.48. The van der Waals surface area contributed by atoms with Gasteiger partial charge in [-0.1, -0.05) is 13.3 Å². The van der Waals surface area contributed by atoms with Crippen LogP contribution in [0.3, 0.4) is 0 Å². The van der Waals surface area contributed by atoms with Crippen molar-refractivity contribution in [2.24, 2.45) is 5.10 Å². The Labute approximate surface area is 122 Å². The molecule has 0 aromatic heterocycles. The molecule has 0 amide bonds. The van der Waals surface area contributed by atoms with E-state index in [1.807, 2.05) is 18.3 Å². The fourth-order valence-electron chi connectivity index (χ4n) is 2.04. The number of rotatable bonds is 6. The van der Waals surface area contributed by atoms with Crippen LogP contribution in [0.5, 0.6) is 5.75 Å². The van der Waals surface area contributed by atoms with Crippen LogP contribution in [0.1, 0.15) is 25.3 Å². The molecule has 0 saturated carbocycles. The number of unbranched alkanes of at least 4 members (excludes halogenated alkanes) is 1. The minimum atomic E-state index is 0.797. The Morgan fingerprint density at radius 1 is 1.15 bits per heavy atom. The lowest BCUT2D eigenvalue weighted by molar-refractivity contribution is 0.159. The lowest BCUT2D eigenvalue weighted by Crippen LogP contribution is -2.41. The van der Waals surface area contributed by atoms with Crippen LogP contribution in [0, 0.1) is 0 Å². The van der Waals surface area contributed by atoms with Crippen molar-refractivity contribution < 1.29 is 4.74 Å². The minimum Gasteiger partial charge on any atom is -0.494 e. The van der Waals surface area contributed by atoms with E-state index in [1.165, 1.54) is 0 Å². The Balaban J connectivity index is 1.80. The smallest absolute Gasteiger partial charge is 0.119 e. The van der Waals surface area contributed by atoms with Gasteiger partial charge in [-0.05, 0) is 43.3 Å². The molecule has 1 fully saturated rings. The Bertz CT molecular complexity index is 408. The molecule has 1 aromatic rings. The van der Waals surface area contributed by atoms with Gasteiger partial charge >= 0.3 is 0 Å². The second-order valence-electron chi connectivity index (χ2n) is 5.27. The van der Waals surface area contributed by atoms with Gasteiger partial charge in [0.15, 0.2) is 0 Å². The predicted molar refractivity (Wildman–Crippen MR) is 83.5 cm³/mol. The summed E-state index contributed by atoms with van der Waals surface area (Å²) in [5, 5.41) is 6.66. The van der Waals surface area contributed by atoms with E-state index < -0.39 is 0 Å². The molecular formula is C16H25N3O. The van der Waals surface area contributed by atoms with Crippen LogP contribution >= 0.6 is 0 Å². The predicted octanol–water partition coefficient (Wildman–Crippen LogP) is 2.45. The summed E-state index contributed by atoms with van der Waals surface area (Å²) in [4.78, 5) is 2.33. The molecule has 0 bridgehead atoms. The third-order valence-electron chi connectivity index (χ3n) is 3.50. The topological polar surface area (TPSA) is 28.1 Å². The summed E-state index contributed by atoms with van der Waals surface area (Å²) in [7, 11) is 2.15. The molecule has 1 aromatic carbocycles. The van der Waals surface area contributed by atoms with Crippen molar-refractivity contribution in [2.45, 2.75) is 19.8 Å². The van der Waals surface area contributed by atoms with Gasteiger partial charge in [-0.25, -0.2) is 0 Å². The maximum Gasteiger partial charge on any atom is 0.119 e. The van der Waals surface area contributed by atoms with Gasteiger partial charge in [0.05, 0.1) is 12.8 Å². The number of benzene rings is 1. The van der Waals surface area contributed by atoms with Gasteiger partial charge < -0.3 is 9.64 Å². The molecule has 0 spiro atoms. The Hall–Kier alpha value is -1.55. The highest BCUT2D eigenvalue weighted by atomic mass is 16.5. The van der Waals surface area contributed by atoms with Crippen LogP contribution in [-0.2, 0) is 0 Å². The van der Waals surface area contributed by atoms with Crippen LogP contribution in [0.15, 0.2) is 29.4 Å². The van der Waals surface area contributed by atoms with Gasteiger partial charge in [0.25, 0.3) is 0 Å². The summed E-state index contributed by atoms with van der Waals surface area (Å²) < 4.78 is 5.65. The summed E-state index contributed by atoms with van der Waals surface area (Å²) >= 11 is 0. The minimum absolute atomic E-state index is 0.797. The molecule has 4 heteroatoms. The first-order valence-corrected chi connectivity index (χ1v) is 7.48. The lowest BCUT2D eigenvalue weighted by Gasteiger charge is -2.30. The van der Waals surface area contributed by atoms with Crippen molar-refractivity contribution >= 4 is 6.21 Å². The van der Waals surface area contributed by atoms with Crippen molar-refractivity contribution in [3.63, 3.8) is 0 Å². The van der Waals surface area contributed by atoms with Crippen LogP contribution in [0.4, 0.5) is 0 Å². The zero-order valence-corrected chi connectivity index (χ0v) is 12.6. The number of hydrogen-bond acceptors (Lipinski definition) is 4. The van der Waals surface area contributed by atoms with Crippen LogP contribution in [0.25, 0.3) is 0 Å². The highest BCUT2D eigenvalue weighted by Gasteiger charge is 2.10. The number of likely N-dealkylation sites (N-methyl/N-ethyl adjacent to an activating group) is 1. The number of hydrogen-bond donors (Lipinski definition) is 0. The van der Waals surface area contributed by atoms with E-state index in [-0.39, 0.29) is 0 Å². The molecule has 0 unspecified atom stereocenters. The van der Waals surface area contributed by atoms with Crippen LogP contribution < -0.4 is 4.74 Å². The van der Waals surface area contributed by atoms with Gasteiger partial charge in [0, 0.05) is 26.2 Å². The fourth-order valence-corrected chi connectivity index (χ4v) is 2.04. The van der Waals surface area contributed by atoms with Crippen molar-refractivity contribution in [1.82, 2.24) is 9.91 Å². The maximum absolute atomic E-state index is 5.65. The van der Waals surface area contributed by atoms with E-state index in [1.54, 1.807) is 0 Å². The van der Waals surface area contributed by atoms with E-state index >= 15 is 0 Å². The molecule has 4 nitrogen and oxygen atoms in total. The SMILES string of the molecule is CCCCOc1ccc(C=NN2CCN(C)CC2)cc1. The molecule has 0 aliphatic carbocycles. The second-order valence-corrected chi connectivity index (χ2v) is 5.27. The zero-order valence-electron chi connectivity index (χ0n) is 12.6. The maximum atomic E-state index is 5.65. The summed E-state index contributed by atoms with van der Waals surface area (Å²) in [6.07, 6.45) is 4.20. The highest BCUT2D eigenvalue weighted by molar-refractivity contribution is 5.79. The van der Waals surface area contributed by atoms with Crippen LogP contribution in [0.2, 0.25) is 0 Å². The second kappa shape index (κ2) is 7.90. The Morgan fingerprint density at radius 2 is 1.85 bits per heavy atom. The van der Waals surface area contributed by atoms with E-state index in [9.17, 15) is 0 Å². The van der Waals surface area contributed by atoms with Crippen molar-refractivity contribution in [3.8, 4) is 5.75 Å². The van der Waals surface area contributed by atoms with Gasteiger partial charge in [-0.3, -0.25) is 5.01 Å². The summed E-state index contributed by atoms with van der Waals surface area (Å²) in [6, 6.07) is 8.14. The monoisotopic (exact) mass is 275 g/mol. The molecule has 2 rings (SSSR count). The first-order chi connectivity index (χ1) is 9.78. The Kier molecular flexibility index (Phi) is 5.87. The highest BCUT2D eigenvalue weighted by Crippen LogP contribution is 2.12. The normalized spacial score (nSPS) is 16.8. The summed E-state index contributed by atoms with van der Waals surface area (Å²) in [5.41, 5.74) is 1.12. The molecule has 110 valence electrons. The van der Waals surface area contributed by atoms with E-state index in [2.05, 4.69) is 41.1 Å².